The molecule has 5 nitrogen and oxygen atoms in total. The average molecular weight is 296 g/mol. The summed E-state index contributed by atoms with van der Waals surface area (Å²) in [7, 11) is 0. The Morgan fingerprint density at radius 1 is 1.00 bits per heavy atom. The largest absolute Gasteiger partial charge is 0.463 e. The third-order valence-electron chi connectivity index (χ3n) is 4.23. The van der Waals surface area contributed by atoms with Gasteiger partial charge in [0.25, 0.3) is 0 Å². The molecule has 0 aromatic carbocycles. The van der Waals surface area contributed by atoms with Crippen molar-refractivity contribution in [3.63, 3.8) is 0 Å². The Morgan fingerprint density at radius 2 is 1.67 bits per heavy atom. The first-order valence-electron chi connectivity index (χ1n) is 7.69. The number of hydrogen-bond donors (Lipinski definition) is 0. The Bertz CT molecular complexity index is 403. The van der Waals surface area contributed by atoms with E-state index in [1.807, 2.05) is 12.2 Å². The van der Waals surface area contributed by atoms with Crippen molar-refractivity contribution < 1.29 is 23.8 Å². The first kappa shape index (κ1) is 16.0. The molecule has 0 radical (unpaired) electrons. The molecule has 21 heavy (non-hydrogen) atoms. The zero-order valence-corrected chi connectivity index (χ0v) is 12.7. The van der Waals surface area contributed by atoms with E-state index in [2.05, 4.69) is 13.8 Å². The van der Waals surface area contributed by atoms with Gasteiger partial charge in [0.1, 0.15) is 18.8 Å². The maximum absolute atomic E-state index is 11.9. The number of ether oxygens (including phenoxy) is 3. The summed E-state index contributed by atoms with van der Waals surface area (Å²) in [6.07, 6.45) is 5.08. The lowest BCUT2D eigenvalue weighted by atomic mass is 9.86. The highest BCUT2D eigenvalue weighted by Gasteiger charge is 2.39. The lowest BCUT2D eigenvalue weighted by Crippen LogP contribution is -2.49. The lowest BCUT2D eigenvalue weighted by molar-refractivity contribution is -0.188. The van der Waals surface area contributed by atoms with Crippen LogP contribution in [0.5, 0.6) is 0 Å². The number of carbonyl (C=O) groups excluding carboxylic acids is 2. The Balaban J connectivity index is 2.08. The van der Waals surface area contributed by atoms with Gasteiger partial charge >= 0.3 is 11.9 Å². The predicted octanol–water partition coefficient (Wildman–Crippen LogP) is 2.24. The van der Waals surface area contributed by atoms with Crippen LogP contribution >= 0.6 is 0 Å². The molecule has 0 aromatic rings. The molecular formula is C16H24O5. The smallest absolute Gasteiger partial charge is 0.306 e. The first-order chi connectivity index (χ1) is 10.1. The lowest BCUT2D eigenvalue weighted by Gasteiger charge is -2.39. The summed E-state index contributed by atoms with van der Waals surface area (Å²) in [5, 5.41) is 0. The zero-order valence-electron chi connectivity index (χ0n) is 12.7. The minimum absolute atomic E-state index is 0.150. The van der Waals surface area contributed by atoms with Gasteiger partial charge in [0.05, 0.1) is 6.61 Å². The first-order valence-corrected chi connectivity index (χ1v) is 7.69. The molecule has 0 saturated carbocycles. The summed E-state index contributed by atoms with van der Waals surface area (Å²) in [4.78, 5) is 23.6. The Morgan fingerprint density at radius 3 is 2.38 bits per heavy atom. The van der Waals surface area contributed by atoms with Gasteiger partial charge in [-0.15, -0.1) is 0 Å². The molecule has 2 aliphatic heterocycles. The second kappa shape index (κ2) is 7.59. The molecule has 0 bridgehead atoms. The van der Waals surface area contributed by atoms with Crippen molar-refractivity contribution in [2.24, 2.45) is 11.8 Å². The topological polar surface area (TPSA) is 61.8 Å². The summed E-state index contributed by atoms with van der Waals surface area (Å²) >= 11 is 0. The van der Waals surface area contributed by atoms with E-state index < -0.39 is 0 Å². The molecule has 0 spiro atoms. The molecule has 0 unspecified atom stereocenters. The molecule has 1 fully saturated rings. The fraction of sp³-hybridized carbons (Fsp3) is 0.750. The summed E-state index contributed by atoms with van der Waals surface area (Å²) in [5.74, 6) is 0.0426. The highest BCUT2D eigenvalue weighted by Crippen LogP contribution is 2.29. The van der Waals surface area contributed by atoms with Crippen LogP contribution in [0.3, 0.4) is 0 Å². The molecular weight excluding hydrogens is 272 g/mol. The normalized spacial score (nSPS) is 37.0. The van der Waals surface area contributed by atoms with Gasteiger partial charge in [0.15, 0.2) is 0 Å². The van der Waals surface area contributed by atoms with Crippen molar-refractivity contribution in [3.05, 3.63) is 12.2 Å². The van der Waals surface area contributed by atoms with Crippen LogP contribution in [0.15, 0.2) is 12.2 Å². The van der Waals surface area contributed by atoms with Crippen molar-refractivity contribution in [1.82, 2.24) is 0 Å². The van der Waals surface area contributed by atoms with Crippen LogP contribution in [0.1, 0.15) is 39.5 Å². The second-order valence-electron chi connectivity index (χ2n) is 5.89. The molecule has 118 valence electrons. The molecule has 5 heteroatoms. The standard InChI is InChI=1S/C16H24O5/c1-11-9-19-13-10-20-14(17)7-5-3-4-6-8-15(18)21-16(13)12(11)2/h3-4,11-13,16H,5-10H2,1-2H3/b4-3+/t11-,12+,13+,16-/m0/s1. The predicted molar refractivity (Wildman–Crippen MR) is 76.5 cm³/mol. The minimum atomic E-state index is -0.363. The quantitative estimate of drug-likeness (QED) is 0.507. The van der Waals surface area contributed by atoms with Crippen LogP contribution in [-0.4, -0.2) is 37.4 Å². The van der Waals surface area contributed by atoms with Gasteiger partial charge in [-0.3, -0.25) is 9.59 Å². The van der Waals surface area contributed by atoms with Crippen molar-refractivity contribution in [2.75, 3.05) is 13.2 Å². The summed E-state index contributed by atoms with van der Waals surface area (Å²) in [5.41, 5.74) is 0. The van der Waals surface area contributed by atoms with Gasteiger partial charge in [-0.2, -0.15) is 0 Å². The zero-order chi connectivity index (χ0) is 15.2. The molecule has 2 rings (SSSR count). The van der Waals surface area contributed by atoms with Crippen molar-refractivity contribution in [3.8, 4) is 0 Å². The number of esters is 2. The average Bonchev–Trinajstić information content (AvgIpc) is 2.47. The maximum atomic E-state index is 11.9. The van der Waals surface area contributed by atoms with Crippen LogP contribution in [0.2, 0.25) is 0 Å². The van der Waals surface area contributed by atoms with E-state index in [4.69, 9.17) is 14.2 Å². The Kier molecular flexibility index (Phi) is 5.79. The van der Waals surface area contributed by atoms with Gasteiger partial charge < -0.3 is 14.2 Å². The highest BCUT2D eigenvalue weighted by atomic mass is 16.6. The van der Waals surface area contributed by atoms with Crippen LogP contribution in [-0.2, 0) is 23.8 Å². The molecule has 4 atom stereocenters. The van der Waals surface area contributed by atoms with Crippen molar-refractivity contribution in [2.45, 2.75) is 51.7 Å². The van der Waals surface area contributed by atoms with E-state index in [1.165, 1.54) is 0 Å². The van der Waals surface area contributed by atoms with Crippen LogP contribution in [0.4, 0.5) is 0 Å². The third kappa shape index (κ3) is 4.56. The van der Waals surface area contributed by atoms with Gasteiger partial charge in [0, 0.05) is 18.8 Å². The van der Waals surface area contributed by atoms with E-state index in [-0.39, 0.29) is 36.7 Å². The molecule has 0 aromatic heterocycles. The van der Waals surface area contributed by atoms with Crippen LogP contribution < -0.4 is 0 Å². The monoisotopic (exact) mass is 296 g/mol. The maximum Gasteiger partial charge on any atom is 0.306 e. The number of cyclic esters (lactones) is 1. The second-order valence-corrected chi connectivity index (χ2v) is 5.89. The molecule has 0 N–H and O–H groups in total. The Labute approximate surface area is 125 Å². The third-order valence-corrected chi connectivity index (χ3v) is 4.23. The number of fused-ring (bicyclic) bond motifs is 1. The van der Waals surface area contributed by atoms with Crippen LogP contribution in [0, 0.1) is 11.8 Å². The number of allylic oxidation sites excluding steroid dienone is 2. The van der Waals surface area contributed by atoms with Crippen LogP contribution in [0.25, 0.3) is 0 Å². The minimum Gasteiger partial charge on any atom is -0.463 e. The van der Waals surface area contributed by atoms with E-state index in [9.17, 15) is 9.59 Å². The molecule has 1 saturated heterocycles. The molecule has 0 amide bonds. The summed E-state index contributed by atoms with van der Waals surface area (Å²) in [6, 6.07) is 0. The fourth-order valence-electron chi connectivity index (χ4n) is 2.61. The summed E-state index contributed by atoms with van der Waals surface area (Å²) in [6.45, 7) is 4.87. The van der Waals surface area contributed by atoms with Gasteiger partial charge in [-0.1, -0.05) is 26.0 Å². The van der Waals surface area contributed by atoms with E-state index >= 15 is 0 Å². The molecule has 0 aliphatic carbocycles. The SMILES string of the molecule is C[C@H]1[C@@H]2OC(=O)CC/C=C/CCC(=O)OC[C@H]2OC[C@@H]1C. The van der Waals surface area contributed by atoms with Crippen molar-refractivity contribution in [1.29, 1.82) is 0 Å². The molecule has 2 heterocycles. The van der Waals surface area contributed by atoms with E-state index in [0.717, 1.165) is 0 Å². The number of hydrogen-bond acceptors (Lipinski definition) is 5. The number of rotatable bonds is 0. The van der Waals surface area contributed by atoms with Gasteiger partial charge in [0.2, 0.25) is 0 Å². The van der Waals surface area contributed by atoms with E-state index in [1.54, 1.807) is 0 Å². The van der Waals surface area contributed by atoms with Gasteiger partial charge in [-0.25, -0.2) is 0 Å². The highest BCUT2D eigenvalue weighted by molar-refractivity contribution is 5.70. The van der Waals surface area contributed by atoms with Gasteiger partial charge in [-0.05, 0) is 18.8 Å². The fourth-order valence-corrected chi connectivity index (χ4v) is 2.61. The van der Waals surface area contributed by atoms with Crippen molar-refractivity contribution >= 4 is 11.9 Å². The Hall–Kier alpha value is -1.36. The summed E-state index contributed by atoms with van der Waals surface area (Å²) < 4.78 is 16.6. The van der Waals surface area contributed by atoms with E-state index in [0.29, 0.717) is 38.2 Å². The molecule has 2 aliphatic rings. The number of carbonyl (C=O) groups is 2.